The van der Waals surface area contributed by atoms with E-state index in [9.17, 15) is 14.4 Å². The third-order valence-corrected chi connectivity index (χ3v) is 5.61. The van der Waals surface area contributed by atoms with Crippen LogP contribution in [0.2, 0.25) is 0 Å². The average Bonchev–Trinajstić information content (AvgIpc) is 3.34. The molecule has 148 valence electrons. The van der Waals surface area contributed by atoms with Gasteiger partial charge in [0, 0.05) is 11.0 Å². The number of halogens is 1. The number of furan rings is 1. The third kappa shape index (κ3) is 4.90. The van der Waals surface area contributed by atoms with Crippen molar-refractivity contribution < 1.29 is 28.3 Å². The first-order valence-corrected chi connectivity index (χ1v) is 10.3. The second-order valence-corrected chi connectivity index (χ2v) is 7.80. The molecule has 0 aromatic carbocycles. The number of hydrogen-bond donors (Lipinski definition) is 1. The first-order valence-electron chi connectivity index (χ1n) is 8.69. The van der Waals surface area contributed by atoms with Crippen molar-refractivity contribution in [2.24, 2.45) is 0 Å². The number of nitrogens with one attached hydrogen (secondary N) is 1. The summed E-state index contributed by atoms with van der Waals surface area (Å²) in [6, 6.07) is 3.37. The van der Waals surface area contributed by atoms with Crippen LogP contribution in [0, 0.1) is 0 Å². The molecule has 28 heavy (non-hydrogen) atoms. The van der Waals surface area contributed by atoms with E-state index in [-0.39, 0.29) is 6.61 Å². The van der Waals surface area contributed by atoms with E-state index in [4.69, 9.17) is 13.9 Å². The van der Waals surface area contributed by atoms with Gasteiger partial charge in [0.05, 0.1) is 12.2 Å². The Morgan fingerprint density at radius 3 is 2.82 bits per heavy atom. The van der Waals surface area contributed by atoms with Crippen LogP contribution in [0.15, 0.2) is 27.3 Å². The SMILES string of the molecule is CCOC(=O)c1c(NC(=O)COC(=O)/C=C/c2ccc(Br)o2)sc2c1CCC2. The zero-order valence-corrected chi connectivity index (χ0v) is 17.5. The number of rotatable bonds is 7. The minimum atomic E-state index is -0.679. The van der Waals surface area contributed by atoms with Crippen LogP contribution in [0.3, 0.4) is 0 Å². The van der Waals surface area contributed by atoms with Gasteiger partial charge >= 0.3 is 11.9 Å². The molecule has 2 aromatic heterocycles. The largest absolute Gasteiger partial charge is 0.462 e. The molecule has 0 radical (unpaired) electrons. The number of ether oxygens (including phenoxy) is 2. The lowest BCUT2D eigenvalue weighted by Gasteiger charge is -2.08. The van der Waals surface area contributed by atoms with Gasteiger partial charge in [-0.1, -0.05) is 0 Å². The first-order chi connectivity index (χ1) is 13.5. The maximum Gasteiger partial charge on any atom is 0.341 e. The minimum Gasteiger partial charge on any atom is -0.462 e. The van der Waals surface area contributed by atoms with Gasteiger partial charge in [0.15, 0.2) is 11.3 Å². The number of anilines is 1. The number of esters is 2. The molecule has 0 spiro atoms. The molecule has 7 nitrogen and oxygen atoms in total. The number of aryl methyl sites for hydroxylation is 1. The van der Waals surface area contributed by atoms with Crippen LogP contribution >= 0.6 is 27.3 Å². The van der Waals surface area contributed by atoms with Crippen molar-refractivity contribution in [1.82, 2.24) is 0 Å². The fourth-order valence-electron chi connectivity index (χ4n) is 2.83. The summed E-state index contributed by atoms with van der Waals surface area (Å²) in [6.07, 6.45) is 5.26. The van der Waals surface area contributed by atoms with Crippen molar-refractivity contribution in [3.8, 4) is 0 Å². The molecule has 2 aromatic rings. The molecule has 3 rings (SSSR count). The highest BCUT2D eigenvalue weighted by molar-refractivity contribution is 9.10. The molecule has 0 bridgehead atoms. The molecule has 1 N–H and O–H groups in total. The summed E-state index contributed by atoms with van der Waals surface area (Å²) in [5.41, 5.74) is 1.37. The molecule has 0 fully saturated rings. The highest BCUT2D eigenvalue weighted by Crippen LogP contribution is 2.39. The molecule has 1 amide bonds. The summed E-state index contributed by atoms with van der Waals surface area (Å²) in [4.78, 5) is 37.3. The van der Waals surface area contributed by atoms with Crippen LogP contribution in [0.4, 0.5) is 5.00 Å². The van der Waals surface area contributed by atoms with Crippen molar-refractivity contribution in [2.75, 3.05) is 18.5 Å². The topological polar surface area (TPSA) is 94.8 Å². The van der Waals surface area contributed by atoms with Crippen LogP contribution in [-0.2, 0) is 31.9 Å². The molecule has 2 heterocycles. The smallest absolute Gasteiger partial charge is 0.341 e. The van der Waals surface area contributed by atoms with Gasteiger partial charge in [0.1, 0.15) is 10.8 Å². The summed E-state index contributed by atoms with van der Waals surface area (Å²) in [5.74, 6) is -1.17. The van der Waals surface area contributed by atoms with Gasteiger partial charge in [-0.15, -0.1) is 11.3 Å². The Kier molecular flexibility index (Phi) is 6.69. The van der Waals surface area contributed by atoms with Crippen molar-refractivity contribution in [2.45, 2.75) is 26.2 Å². The molecule has 1 aliphatic carbocycles. The van der Waals surface area contributed by atoms with E-state index in [2.05, 4.69) is 21.2 Å². The second-order valence-electron chi connectivity index (χ2n) is 5.91. The summed E-state index contributed by atoms with van der Waals surface area (Å²) in [5, 5.41) is 3.11. The van der Waals surface area contributed by atoms with E-state index in [1.54, 1.807) is 19.1 Å². The summed E-state index contributed by atoms with van der Waals surface area (Å²) < 4.78 is 15.8. The Balaban J connectivity index is 1.58. The summed E-state index contributed by atoms with van der Waals surface area (Å²) in [6.45, 7) is 1.53. The van der Waals surface area contributed by atoms with Gasteiger partial charge in [-0.2, -0.15) is 0 Å². The van der Waals surface area contributed by atoms with Gasteiger partial charge in [0.2, 0.25) is 0 Å². The molecule has 0 saturated heterocycles. The number of fused-ring (bicyclic) bond motifs is 1. The van der Waals surface area contributed by atoms with Crippen LogP contribution in [0.25, 0.3) is 6.08 Å². The number of hydrogen-bond acceptors (Lipinski definition) is 7. The average molecular weight is 468 g/mol. The van der Waals surface area contributed by atoms with E-state index >= 15 is 0 Å². The lowest BCUT2D eigenvalue weighted by atomic mass is 10.1. The molecule has 0 unspecified atom stereocenters. The number of carbonyl (C=O) groups excluding carboxylic acids is 3. The molecule has 1 aliphatic rings. The maximum atomic E-state index is 12.3. The van der Waals surface area contributed by atoms with E-state index in [0.29, 0.717) is 21.0 Å². The zero-order valence-electron chi connectivity index (χ0n) is 15.1. The van der Waals surface area contributed by atoms with Gasteiger partial charge in [-0.25, -0.2) is 9.59 Å². The fourth-order valence-corrected chi connectivity index (χ4v) is 4.44. The predicted molar refractivity (Wildman–Crippen MR) is 107 cm³/mol. The van der Waals surface area contributed by atoms with Crippen LogP contribution in [0.1, 0.15) is 39.9 Å². The maximum absolute atomic E-state index is 12.3. The Hall–Kier alpha value is -2.39. The Bertz CT molecular complexity index is 929. The van der Waals surface area contributed by atoms with Gasteiger partial charge in [-0.05, 0) is 65.9 Å². The van der Waals surface area contributed by atoms with E-state index in [1.165, 1.54) is 23.5 Å². The highest BCUT2D eigenvalue weighted by atomic mass is 79.9. The van der Waals surface area contributed by atoms with Gasteiger partial charge in [0.25, 0.3) is 5.91 Å². The van der Waals surface area contributed by atoms with Gasteiger partial charge in [-0.3, -0.25) is 4.79 Å². The fraction of sp³-hybridized carbons (Fsp3) is 0.316. The van der Waals surface area contributed by atoms with Crippen LogP contribution in [0.5, 0.6) is 0 Å². The zero-order chi connectivity index (χ0) is 20.1. The van der Waals surface area contributed by atoms with Gasteiger partial charge < -0.3 is 19.2 Å². The quantitative estimate of drug-likeness (QED) is 0.488. The number of amides is 1. The van der Waals surface area contributed by atoms with Crippen molar-refractivity contribution in [3.05, 3.63) is 44.6 Å². The Morgan fingerprint density at radius 2 is 2.11 bits per heavy atom. The number of thiophene rings is 1. The minimum absolute atomic E-state index is 0.257. The normalized spacial score (nSPS) is 12.8. The summed E-state index contributed by atoms with van der Waals surface area (Å²) >= 11 is 4.53. The van der Waals surface area contributed by atoms with Crippen LogP contribution < -0.4 is 5.32 Å². The Morgan fingerprint density at radius 1 is 1.29 bits per heavy atom. The lowest BCUT2D eigenvalue weighted by molar-refractivity contribution is -0.142. The molecule has 0 aliphatic heterocycles. The summed E-state index contributed by atoms with van der Waals surface area (Å²) in [7, 11) is 0. The van der Waals surface area contributed by atoms with Crippen molar-refractivity contribution in [3.63, 3.8) is 0 Å². The predicted octanol–water partition coefficient (Wildman–Crippen LogP) is 3.96. The molecular formula is C19H18BrNO6S. The monoisotopic (exact) mass is 467 g/mol. The second kappa shape index (κ2) is 9.20. The molecule has 9 heteroatoms. The number of carbonyl (C=O) groups is 3. The Labute approximate surface area is 173 Å². The molecule has 0 saturated carbocycles. The van der Waals surface area contributed by atoms with E-state index in [1.807, 2.05) is 0 Å². The molecular weight excluding hydrogens is 450 g/mol. The third-order valence-electron chi connectivity index (χ3n) is 3.98. The molecule has 0 atom stereocenters. The first kappa shape index (κ1) is 20.3. The van der Waals surface area contributed by atoms with E-state index in [0.717, 1.165) is 29.7 Å². The highest BCUT2D eigenvalue weighted by Gasteiger charge is 2.28. The standard InChI is InChI=1S/C19H18BrNO6S/c1-2-25-19(24)17-12-4-3-5-13(12)28-18(17)21-15(22)10-26-16(23)9-7-11-6-8-14(20)27-11/h6-9H,2-5,10H2,1H3,(H,21,22)/b9-7+. The van der Waals surface area contributed by atoms with Crippen molar-refractivity contribution >= 4 is 56.2 Å². The lowest BCUT2D eigenvalue weighted by Crippen LogP contribution is -2.21. The van der Waals surface area contributed by atoms with Crippen LogP contribution in [-0.4, -0.2) is 31.1 Å². The van der Waals surface area contributed by atoms with Crippen molar-refractivity contribution in [1.29, 1.82) is 0 Å². The van der Waals surface area contributed by atoms with E-state index < -0.39 is 24.5 Å².